The molecule has 2 aromatic rings. The first-order valence-corrected chi connectivity index (χ1v) is 7.16. The van der Waals surface area contributed by atoms with E-state index in [1.165, 1.54) is 18.5 Å². The van der Waals surface area contributed by atoms with Gasteiger partial charge in [-0.05, 0) is 19.8 Å². The molecule has 0 bridgehead atoms. The predicted octanol–water partition coefficient (Wildman–Crippen LogP) is 2.02. The Bertz CT molecular complexity index is 555. The molecule has 2 heterocycles. The highest BCUT2D eigenvalue weighted by Crippen LogP contribution is 2.42. The Balaban J connectivity index is 1.98. The normalized spacial score (nSPS) is 18.8. The highest BCUT2D eigenvalue weighted by Gasteiger charge is 2.34. The third kappa shape index (κ3) is 1.87. The maximum Gasteiger partial charge on any atom is 0.105 e. The van der Waals surface area contributed by atoms with E-state index in [-0.39, 0.29) is 5.41 Å². The first-order chi connectivity index (χ1) is 8.63. The van der Waals surface area contributed by atoms with Gasteiger partial charge in [0.25, 0.3) is 0 Å². The molecule has 1 aliphatic rings. The van der Waals surface area contributed by atoms with Gasteiger partial charge in [0.2, 0.25) is 0 Å². The van der Waals surface area contributed by atoms with Crippen LogP contribution in [0.2, 0.25) is 0 Å². The summed E-state index contributed by atoms with van der Waals surface area (Å²) in [5.41, 5.74) is 8.19. The zero-order valence-corrected chi connectivity index (χ0v) is 11.6. The summed E-state index contributed by atoms with van der Waals surface area (Å²) in [6.07, 6.45) is 6.50. The lowest BCUT2D eigenvalue weighted by Gasteiger charge is -2.24. The lowest BCUT2D eigenvalue weighted by molar-refractivity contribution is 0.577. The second kappa shape index (κ2) is 4.17. The average molecular weight is 262 g/mol. The molecule has 18 heavy (non-hydrogen) atoms. The summed E-state index contributed by atoms with van der Waals surface area (Å²) < 4.78 is 1.82. The molecule has 1 aliphatic carbocycles. The summed E-state index contributed by atoms with van der Waals surface area (Å²) in [6.45, 7) is 2.70. The lowest BCUT2D eigenvalue weighted by atomic mass is 9.85. The van der Waals surface area contributed by atoms with Gasteiger partial charge in [-0.15, -0.1) is 11.3 Å². The van der Waals surface area contributed by atoms with Crippen LogP contribution in [0.5, 0.6) is 0 Å². The van der Waals surface area contributed by atoms with Crippen molar-refractivity contribution in [1.29, 1.82) is 0 Å². The van der Waals surface area contributed by atoms with Crippen molar-refractivity contribution in [3.63, 3.8) is 0 Å². The highest BCUT2D eigenvalue weighted by atomic mass is 32.1. The largest absolute Gasteiger partial charge is 0.329 e. The van der Waals surface area contributed by atoms with Crippen molar-refractivity contribution >= 4 is 11.3 Å². The van der Waals surface area contributed by atoms with Gasteiger partial charge in [0.05, 0.1) is 17.3 Å². The smallest absolute Gasteiger partial charge is 0.105 e. The van der Waals surface area contributed by atoms with Crippen molar-refractivity contribution in [2.24, 2.45) is 12.8 Å². The third-order valence-corrected chi connectivity index (χ3v) is 4.86. The van der Waals surface area contributed by atoms with Crippen molar-refractivity contribution in [2.45, 2.75) is 31.1 Å². The van der Waals surface area contributed by atoms with E-state index < -0.39 is 0 Å². The number of aromatic nitrogens is 3. The van der Waals surface area contributed by atoms with Crippen LogP contribution in [0.4, 0.5) is 0 Å². The molecule has 0 spiro atoms. The van der Waals surface area contributed by atoms with Crippen molar-refractivity contribution in [1.82, 2.24) is 14.8 Å². The summed E-state index contributed by atoms with van der Waals surface area (Å²) in [4.78, 5) is 4.80. The van der Waals surface area contributed by atoms with E-state index in [2.05, 4.69) is 17.4 Å². The first kappa shape index (κ1) is 11.9. The fraction of sp³-hybridized carbons (Fsp3) is 0.538. The molecule has 0 radical (unpaired) electrons. The third-order valence-electron chi connectivity index (χ3n) is 3.74. The number of thiazole rings is 1. The van der Waals surface area contributed by atoms with Gasteiger partial charge < -0.3 is 5.73 Å². The van der Waals surface area contributed by atoms with Crippen LogP contribution in [-0.4, -0.2) is 21.3 Å². The monoisotopic (exact) mass is 262 g/mol. The van der Waals surface area contributed by atoms with Gasteiger partial charge in [-0.1, -0.05) is 0 Å². The Labute approximate surface area is 111 Å². The standard InChI is InChI=1S/C13H18N4S/c1-13(8-14,10-5-15-17(2)6-10)12-16-11(7-18-12)9-3-4-9/h5-7,9H,3-4,8,14H2,1-2H3. The van der Waals surface area contributed by atoms with E-state index in [4.69, 9.17) is 10.7 Å². The molecule has 0 aliphatic heterocycles. The summed E-state index contributed by atoms with van der Waals surface area (Å²) in [5.74, 6) is 0.700. The molecule has 1 fully saturated rings. The van der Waals surface area contributed by atoms with Crippen molar-refractivity contribution in [3.05, 3.63) is 34.0 Å². The topological polar surface area (TPSA) is 56.7 Å². The molecule has 0 amide bonds. The molecule has 96 valence electrons. The van der Waals surface area contributed by atoms with E-state index >= 15 is 0 Å². The Morgan fingerprint density at radius 1 is 1.56 bits per heavy atom. The van der Waals surface area contributed by atoms with Gasteiger partial charge in [-0.25, -0.2) is 4.98 Å². The Hall–Kier alpha value is -1.20. The van der Waals surface area contributed by atoms with Gasteiger partial charge in [-0.2, -0.15) is 5.10 Å². The van der Waals surface area contributed by atoms with Crippen LogP contribution < -0.4 is 5.73 Å². The summed E-state index contributed by atoms with van der Waals surface area (Å²) >= 11 is 1.73. The summed E-state index contributed by atoms with van der Waals surface area (Å²) in [7, 11) is 1.93. The number of nitrogens with two attached hydrogens (primary N) is 1. The zero-order valence-electron chi connectivity index (χ0n) is 10.8. The van der Waals surface area contributed by atoms with E-state index in [0.29, 0.717) is 12.5 Å². The highest BCUT2D eigenvalue weighted by molar-refractivity contribution is 7.09. The lowest BCUT2D eigenvalue weighted by Crippen LogP contribution is -2.32. The van der Waals surface area contributed by atoms with Crippen LogP contribution in [0.25, 0.3) is 0 Å². The molecule has 1 unspecified atom stereocenters. The fourth-order valence-corrected chi connectivity index (χ4v) is 3.24. The van der Waals surface area contributed by atoms with Crippen molar-refractivity contribution in [3.8, 4) is 0 Å². The molecule has 0 aromatic carbocycles. The van der Waals surface area contributed by atoms with E-state index in [0.717, 1.165) is 10.6 Å². The van der Waals surface area contributed by atoms with Crippen LogP contribution >= 0.6 is 11.3 Å². The molecule has 5 heteroatoms. The van der Waals surface area contributed by atoms with Crippen LogP contribution in [-0.2, 0) is 12.5 Å². The molecule has 1 saturated carbocycles. The molecule has 0 saturated heterocycles. The van der Waals surface area contributed by atoms with E-state index in [9.17, 15) is 0 Å². The van der Waals surface area contributed by atoms with Gasteiger partial charge in [0.1, 0.15) is 5.01 Å². The SMILES string of the molecule is Cn1cc(C(C)(CN)c2nc(C3CC3)cs2)cn1. The van der Waals surface area contributed by atoms with Gasteiger partial charge in [-0.3, -0.25) is 4.68 Å². The minimum absolute atomic E-state index is 0.216. The van der Waals surface area contributed by atoms with Crippen molar-refractivity contribution < 1.29 is 0 Å². The minimum Gasteiger partial charge on any atom is -0.329 e. The van der Waals surface area contributed by atoms with Crippen molar-refractivity contribution in [2.75, 3.05) is 6.54 Å². The second-order valence-corrected chi connectivity index (χ2v) is 6.15. The molecule has 4 nitrogen and oxygen atoms in total. The van der Waals surface area contributed by atoms with Crippen LogP contribution in [0.3, 0.4) is 0 Å². The second-order valence-electron chi connectivity index (χ2n) is 5.29. The van der Waals surface area contributed by atoms with Gasteiger partial charge >= 0.3 is 0 Å². The molecule has 3 rings (SSSR count). The molecular formula is C13H18N4S. The minimum atomic E-state index is -0.216. The van der Waals surface area contributed by atoms with Gasteiger partial charge in [0, 0.05) is 36.7 Å². The summed E-state index contributed by atoms with van der Waals surface area (Å²) in [5, 5.41) is 7.55. The van der Waals surface area contributed by atoms with E-state index in [1.807, 2.05) is 24.1 Å². The van der Waals surface area contributed by atoms with Crippen LogP contribution in [0.1, 0.15) is 41.9 Å². The van der Waals surface area contributed by atoms with Crippen LogP contribution in [0.15, 0.2) is 17.8 Å². The molecular weight excluding hydrogens is 244 g/mol. The fourth-order valence-electron chi connectivity index (χ4n) is 2.14. The number of hydrogen-bond acceptors (Lipinski definition) is 4. The number of nitrogens with zero attached hydrogens (tertiary/aromatic N) is 3. The Morgan fingerprint density at radius 2 is 2.33 bits per heavy atom. The number of hydrogen-bond donors (Lipinski definition) is 1. The number of rotatable bonds is 4. The Morgan fingerprint density at radius 3 is 2.89 bits per heavy atom. The molecule has 1 atom stereocenters. The molecule has 2 aromatic heterocycles. The zero-order chi connectivity index (χ0) is 12.8. The average Bonchev–Trinajstić information content (AvgIpc) is 2.93. The number of aryl methyl sites for hydroxylation is 1. The van der Waals surface area contributed by atoms with Gasteiger partial charge in [0.15, 0.2) is 0 Å². The maximum absolute atomic E-state index is 6.01. The predicted molar refractivity (Wildman–Crippen MR) is 72.8 cm³/mol. The summed E-state index contributed by atoms with van der Waals surface area (Å²) in [6, 6.07) is 0. The maximum atomic E-state index is 6.01. The Kier molecular flexibility index (Phi) is 2.75. The quantitative estimate of drug-likeness (QED) is 0.917. The first-order valence-electron chi connectivity index (χ1n) is 6.28. The van der Waals surface area contributed by atoms with Crippen LogP contribution in [0, 0.1) is 0 Å². The molecule has 2 N–H and O–H groups in total. The van der Waals surface area contributed by atoms with E-state index in [1.54, 1.807) is 11.3 Å².